The van der Waals surface area contributed by atoms with E-state index in [-0.39, 0.29) is 18.4 Å². The third kappa shape index (κ3) is 4.01. The first-order valence-corrected chi connectivity index (χ1v) is 8.43. The van der Waals surface area contributed by atoms with Gasteiger partial charge in [-0.25, -0.2) is 12.7 Å². The van der Waals surface area contributed by atoms with E-state index in [0.717, 1.165) is 18.4 Å². The predicted octanol–water partition coefficient (Wildman–Crippen LogP) is 0.369. The molecule has 0 saturated carbocycles. The maximum absolute atomic E-state index is 12.1. The van der Waals surface area contributed by atoms with Gasteiger partial charge < -0.3 is 5.32 Å². The van der Waals surface area contributed by atoms with Gasteiger partial charge >= 0.3 is 0 Å². The molecule has 0 aliphatic carbocycles. The fraction of sp³-hybridized carbons (Fsp3) is 0.538. The number of amides is 1. The number of piperidine rings is 1. The van der Waals surface area contributed by atoms with Crippen LogP contribution in [0.2, 0.25) is 0 Å². The summed E-state index contributed by atoms with van der Waals surface area (Å²) in [5.74, 6) is -0.364. The maximum atomic E-state index is 12.1. The van der Waals surface area contributed by atoms with Crippen molar-refractivity contribution in [1.82, 2.24) is 14.6 Å². The Morgan fingerprint density at radius 1 is 1.55 bits per heavy atom. The molecule has 1 aromatic rings. The molecule has 6 nitrogen and oxygen atoms in total. The van der Waals surface area contributed by atoms with E-state index in [1.54, 1.807) is 12.4 Å². The molecule has 0 radical (unpaired) electrons. The van der Waals surface area contributed by atoms with Crippen LogP contribution >= 0.6 is 0 Å². The first kappa shape index (κ1) is 14.9. The van der Waals surface area contributed by atoms with Crippen molar-refractivity contribution in [3.63, 3.8) is 0 Å². The highest BCUT2D eigenvalue weighted by Crippen LogP contribution is 2.18. The summed E-state index contributed by atoms with van der Waals surface area (Å²) in [5.41, 5.74) is 0.927. The van der Waals surface area contributed by atoms with Gasteiger partial charge in [-0.05, 0) is 24.5 Å². The number of sulfonamides is 1. The number of pyridine rings is 1. The number of carbonyl (C=O) groups is 1. The molecule has 20 heavy (non-hydrogen) atoms. The molecule has 1 aliphatic rings. The highest BCUT2D eigenvalue weighted by Gasteiger charge is 2.29. The number of rotatable bonds is 4. The summed E-state index contributed by atoms with van der Waals surface area (Å²) in [6, 6.07) is 3.70. The lowest BCUT2D eigenvalue weighted by atomic mass is 9.99. The molecule has 110 valence electrons. The van der Waals surface area contributed by atoms with Crippen LogP contribution in [0.15, 0.2) is 24.5 Å². The van der Waals surface area contributed by atoms with Crippen LogP contribution in [0.3, 0.4) is 0 Å². The monoisotopic (exact) mass is 297 g/mol. The van der Waals surface area contributed by atoms with Gasteiger partial charge in [0.05, 0.1) is 12.2 Å². The van der Waals surface area contributed by atoms with E-state index in [1.807, 2.05) is 12.1 Å². The maximum Gasteiger partial charge on any atom is 0.224 e. The largest absolute Gasteiger partial charge is 0.352 e. The Labute approximate surface area is 119 Å². The molecule has 1 saturated heterocycles. The Bertz CT molecular complexity index is 559. The van der Waals surface area contributed by atoms with Crippen molar-refractivity contribution in [1.29, 1.82) is 0 Å². The highest BCUT2D eigenvalue weighted by molar-refractivity contribution is 7.88. The molecule has 7 heteroatoms. The second-order valence-electron chi connectivity index (χ2n) is 5.04. The Balaban J connectivity index is 1.89. The standard InChI is InChI=1S/C13H19N3O3S/c1-20(18,19)16-7-3-5-12(10-16)13(17)15-9-11-4-2-6-14-8-11/h2,4,6,8,12H,3,5,7,9-10H2,1H3,(H,15,17)/t12-/m0/s1. The first-order valence-electron chi connectivity index (χ1n) is 6.58. The summed E-state index contributed by atoms with van der Waals surface area (Å²) < 4.78 is 24.4. The van der Waals surface area contributed by atoms with Crippen molar-refractivity contribution < 1.29 is 13.2 Å². The normalized spacial score (nSPS) is 20.6. The van der Waals surface area contributed by atoms with Crippen molar-refractivity contribution in [2.75, 3.05) is 19.3 Å². The number of nitrogens with zero attached hydrogens (tertiary/aromatic N) is 2. The van der Waals surface area contributed by atoms with Gasteiger partial charge in [0.25, 0.3) is 0 Å². The first-order chi connectivity index (χ1) is 9.47. The lowest BCUT2D eigenvalue weighted by Gasteiger charge is -2.30. The van der Waals surface area contributed by atoms with Gasteiger partial charge in [-0.15, -0.1) is 0 Å². The number of aromatic nitrogens is 1. The quantitative estimate of drug-likeness (QED) is 0.871. The van der Waals surface area contributed by atoms with Crippen LogP contribution < -0.4 is 5.32 Å². The average Bonchev–Trinajstić information content (AvgIpc) is 2.45. The van der Waals surface area contributed by atoms with Gasteiger partial charge in [-0.2, -0.15) is 0 Å². The molecule has 1 atom stereocenters. The lowest BCUT2D eigenvalue weighted by Crippen LogP contribution is -2.44. The summed E-state index contributed by atoms with van der Waals surface area (Å²) >= 11 is 0. The minimum absolute atomic E-state index is 0.0952. The zero-order chi connectivity index (χ0) is 14.6. The van der Waals surface area contributed by atoms with Crippen LogP contribution in [0.5, 0.6) is 0 Å². The summed E-state index contributed by atoms with van der Waals surface area (Å²) in [5, 5.41) is 2.84. The summed E-state index contributed by atoms with van der Waals surface area (Å²) in [4.78, 5) is 16.1. The third-order valence-electron chi connectivity index (χ3n) is 3.41. The molecule has 0 spiro atoms. The molecule has 0 bridgehead atoms. The van der Waals surface area contributed by atoms with E-state index in [4.69, 9.17) is 0 Å². The smallest absolute Gasteiger partial charge is 0.224 e. The molecule has 1 amide bonds. The summed E-state index contributed by atoms with van der Waals surface area (Å²) in [7, 11) is -3.22. The number of hydrogen-bond donors (Lipinski definition) is 1. The molecule has 1 aromatic heterocycles. The van der Waals surface area contributed by atoms with E-state index in [1.165, 1.54) is 10.6 Å². The van der Waals surface area contributed by atoms with E-state index in [2.05, 4.69) is 10.3 Å². The molecule has 1 fully saturated rings. The Morgan fingerprint density at radius 3 is 3.00 bits per heavy atom. The Hall–Kier alpha value is -1.47. The minimum atomic E-state index is -3.22. The fourth-order valence-electron chi connectivity index (χ4n) is 2.29. The van der Waals surface area contributed by atoms with Gasteiger partial charge in [-0.3, -0.25) is 9.78 Å². The molecule has 0 unspecified atom stereocenters. The molecule has 1 aliphatic heterocycles. The summed E-state index contributed by atoms with van der Waals surface area (Å²) in [6.07, 6.45) is 6.01. The van der Waals surface area contributed by atoms with Crippen molar-refractivity contribution >= 4 is 15.9 Å². The van der Waals surface area contributed by atoms with Gasteiger partial charge in [0.15, 0.2) is 0 Å². The van der Waals surface area contributed by atoms with E-state index < -0.39 is 10.0 Å². The minimum Gasteiger partial charge on any atom is -0.352 e. The van der Waals surface area contributed by atoms with Crippen molar-refractivity contribution in [3.8, 4) is 0 Å². The van der Waals surface area contributed by atoms with Gasteiger partial charge in [0.2, 0.25) is 15.9 Å². The molecule has 0 aromatic carbocycles. The highest BCUT2D eigenvalue weighted by atomic mass is 32.2. The van der Waals surface area contributed by atoms with Crippen LogP contribution in [0, 0.1) is 5.92 Å². The fourth-order valence-corrected chi connectivity index (χ4v) is 3.21. The average molecular weight is 297 g/mol. The van der Waals surface area contributed by atoms with Crippen LogP contribution in [0.4, 0.5) is 0 Å². The van der Waals surface area contributed by atoms with Gasteiger partial charge in [0.1, 0.15) is 0 Å². The predicted molar refractivity (Wildman–Crippen MR) is 75.2 cm³/mol. The van der Waals surface area contributed by atoms with Crippen LogP contribution in [0.1, 0.15) is 18.4 Å². The van der Waals surface area contributed by atoms with Crippen LogP contribution in [0.25, 0.3) is 0 Å². The van der Waals surface area contributed by atoms with E-state index in [0.29, 0.717) is 13.1 Å². The zero-order valence-corrected chi connectivity index (χ0v) is 12.3. The lowest BCUT2D eigenvalue weighted by molar-refractivity contribution is -0.126. The molecular weight excluding hydrogens is 278 g/mol. The van der Waals surface area contributed by atoms with E-state index in [9.17, 15) is 13.2 Å². The van der Waals surface area contributed by atoms with Crippen molar-refractivity contribution in [2.24, 2.45) is 5.92 Å². The van der Waals surface area contributed by atoms with Gasteiger partial charge in [0, 0.05) is 32.0 Å². The number of hydrogen-bond acceptors (Lipinski definition) is 4. The number of nitrogens with one attached hydrogen (secondary N) is 1. The van der Waals surface area contributed by atoms with E-state index >= 15 is 0 Å². The Morgan fingerprint density at radius 2 is 2.35 bits per heavy atom. The summed E-state index contributed by atoms with van der Waals surface area (Å²) in [6.45, 7) is 1.20. The molecule has 2 heterocycles. The topological polar surface area (TPSA) is 79.4 Å². The SMILES string of the molecule is CS(=O)(=O)N1CCC[C@H](C(=O)NCc2cccnc2)C1. The van der Waals surface area contributed by atoms with Crippen LogP contribution in [-0.2, 0) is 21.4 Å². The van der Waals surface area contributed by atoms with Crippen molar-refractivity contribution in [2.45, 2.75) is 19.4 Å². The molecular formula is C13H19N3O3S. The van der Waals surface area contributed by atoms with Crippen molar-refractivity contribution in [3.05, 3.63) is 30.1 Å². The Kier molecular flexibility index (Phi) is 4.72. The van der Waals surface area contributed by atoms with Crippen LogP contribution in [-0.4, -0.2) is 43.0 Å². The second kappa shape index (κ2) is 6.32. The molecule has 1 N–H and O–H groups in total. The molecule has 2 rings (SSSR count). The number of carbonyl (C=O) groups excluding carboxylic acids is 1. The second-order valence-corrected chi connectivity index (χ2v) is 7.02. The third-order valence-corrected chi connectivity index (χ3v) is 4.68. The van der Waals surface area contributed by atoms with Gasteiger partial charge in [-0.1, -0.05) is 6.07 Å². The zero-order valence-electron chi connectivity index (χ0n) is 11.4.